The van der Waals surface area contributed by atoms with Crippen LogP contribution in [0.3, 0.4) is 0 Å². The standard InChI is InChI=1S/C26H25Cl2F5N4O/c1-36-21-13-20(37-8-6-25(29,30)7-9-37)18(28)12-19(21)35-22(36)11-16-10-15(2-3-17(16)27)14-34-23(38)24(4-5-24)26(31,32)33/h2-3,10,12-13H,4-9,11,14H2,1H3,(H,34,38). The number of amides is 1. The average molecular weight is 575 g/mol. The fourth-order valence-corrected chi connectivity index (χ4v) is 5.35. The molecule has 1 N–H and O–H groups in total. The SMILES string of the molecule is Cn1c(Cc2cc(CNC(=O)C3(C(F)(F)F)CC3)ccc2Cl)nc2cc(Cl)c(N3CCC(F)(F)CC3)cc21. The van der Waals surface area contributed by atoms with Crippen molar-refractivity contribution in [3.63, 3.8) is 0 Å². The molecule has 2 heterocycles. The van der Waals surface area contributed by atoms with Crippen LogP contribution >= 0.6 is 23.2 Å². The Morgan fingerprint density at radius 3 is 2.37 bits per heavy atom. The summed E-state index contributed by atoms with van der Waals surface area (Å²) in [7, 11) is 1.83. The van der Waals surface area contributed by atoms with Crippen LogP contribution < -0.4 is 10.2 Å². The number of imidazole rings is 1. The van der Waals surface area contributed by atoms with Gasteiger partial charge < -0.3 is 14.8 Å². The lowest BCUT2D eigenvalue weighted by atomic mass is 10.0. The lowest BCUT2D eigenvalue weighted by Crippen LogP contribution is -2.40. The Labute approximate surface area is 225 Å². The maximum atomic E-state index is 13.6. The van der Waals surface area contributed by atoms with Crippen molar-refractivity contribution in [1.82, 2.24) is 14.9 Å². The molecule has 204 valence electrons. The van der Waals surface area contributed by atoms with Gasteiger partial charge in [0.05, 0.1) is 21.7 Å². The van der Waals surface area contributed by atoms with Gasteiger partial charge in [0.25, 0.3) is 5.92 Å². The molecule has 0 atom stereocenters. The van der Waals surface area contributed by atoms with Gasteiger partial charge in [-0.3, -0.25) is 4.79 Å². The van der Waals surface area contributed by atoms with Crippen LogP contribution in [0.2, 0.25) is 10.0 Å². The molecule has 0 spiro atoms. The molecule has 2 fully saturated rings. The lowest BCUT2D eigenvalue weighted by Gasteiger charge is -2.33. The van der Waals surface area contributed by atoms with Crippen molar-refractivity contribution >= 4 is 45.8 Å². The van der Waals surface area contributed by atoms with Crippen molar-refractivity contribution in [3.05, 3.63) is 57.3 Å². The second-order valence-electron chi connectivity index (χ2n) is 10.1. The number of aryl methyl sites for hydroxylation is 1. The first kappa shape index (κ1) is 27.0. The van der Waals surface area contributed by atoms with Crippen LogP contribution in [0.1, 0.15) is 42.6 Å². The smallest absolute Gasteiger partial charge is 0.370 e. The number of fused-ring (bicyclic) bond motifs is 1. The fourth-order valence-electron chi connectivity index (χ4n) is 4.89. The quantitative estimate of drug-likeness (QED) is 0.335. The summed E-state index contributed by atoms with van der Waals surface area (Å²) in [5.41, 5.74) is 1.12. The van der Waals surface area contributed by atoms with Crippen LogP contribution in [0.15, 0.2) is 30.3 Å². The van der Waals surface area contributed by atoms with E-state index in [1.54, 1.807) is 24.3 Å². The summed E-state index contributed by atoms with van der Waals surface area (Å²) in [5, 5.41) is 3.29. The molecule has 1 saturated carbocycles. The molecule has 3 aromatic rings. The Morgan fingerprint density at radius 1 is 1.05 bits per heavy atom. The Kier molecular flexibility index (Phi) is 6.79. The van der Waals surface area contributed by atoms with Crippen molar-refractivity contribution in [2.24, 2.45) is 12.5 Å². The van der Waals surface area contributed by atoms with E-state index in [1.165, 1.54) is 0 Å². The zero-order valence-electron chi connectivity index (χ0n) is 20.4. The van der Waals surface area contributed by atoms with E-state index in [-0.39, 0.29) is 45.3 Å². The van der Waals surface area contributed by atoms with Crippen molar-refractivity contribution in [1.29, 1.82) is 0 Å². The largest absolute Gasteiger partial charge is 0.403 e. The zero-order valence-corrected chi connectivity index (χ0v) is 22.0. The Balaban J connectivity index is 1.34. The number of hydrogen-bond donors (Lipinski definition) is 1. The Morgan fingerprint density at radius 2 is 1.74 bits per heavy atom. The maximum absolute atomic E-state index is 13.6. The third-order valence-electron chi connectivity index (χ3n) is 7.52. The van der Waals surface area contributed by atoms with E-state index in [4.69, 9.17) is 23.2 Å². The van der Waals surface area contributed by atoms with Crippen molar-refractivity contribution < 1.29 is 26.7 Å². The van der Waals surface area contributed by atoms with E-state index >= 15 is 0 Å². The van der Waals surface area contributed by atoms with Gasteiger partial charge in [0.2, 0.25) is 5.91 Å². The molecule has 12 heteroatoms. The van der Waals surface area contributed by atoms with Gasteiger partial charge in [0.1, 0.15) is 11.2 Å². The van der Waals surface area contributed by atoms with E-state index in [9.17, 15) is 26.7 Å². The van der Waals surface area contributed by atoms with Gasteiger partial charge in [-0.15, -0.1) is 0 Å². The number of halogens is 7. The van der Waals surface area contributed by atoms with Gasteiger partial charge in [-0.1, -0.05) is 35.3 Å². The van der Waals surface area contributed by atoms with Gasteiger partial charge in [-0.05, 0) is 42.2 Å². The predicted octanol–water partition coefficient (Wildman–Crippen LogP) is 6.67. The minimum Gasteiger partial charge on any atom is -0.370 e. The highest BCUT2D eigenvalue weighted by Crippen LogP contribution is 2.57. The number of nitrogens with one attached hydrogen (secondary N) is 1. The number of benzene rings is 2. The van der Waals surface area contributed by atoms with Gasteiger partial charge >= 0.3 is 6.18 Å². The molecule has 0 radical (unpaired) electrons. The van der Waals surface area contributed by atoms with Crippen LogP contribution in [0.5, 0.6) is 0 Å². The molecule has 1 aliphatic heterocycles. The molecule has 38 heavy (non-hydrogen) atoms. The van der Waals surface area contributed by atoms with Gasteiger partial charge in [0, 0.05) is 51.0 Å². The van der Waals surface area contributed by atoms with E-state index in [0.717, 1.165) is 5.52 Å². The fraction of sp³-hybridized carbons (Fsp3) is 0.462. The van der Waals surface area contributed by atoms with E-state index < -0.39 is 23.4 Å². The minimum atomic E-state index is -4.57. The summed E-state index contributed by atoms with van der Waals surface area (Å²) in [4.78, 5) is 18.7. The molecular weight excluding hydrogens is 550 g/mol. The van der Waals surface area contributed by atoms with Gasteiger partial charge in [-0.2, -0.15) is 13.2 Å². The Bertz CT molecular complexity index is 1390. The normalized spacial score (nSPS) is 18.6. The summed E-state index contributed by atoms with van der Waals surface area (Å²) < 4.78 is 68.8. The topological polar surface area (TPSA) is 50.2 Å². The van der Waals surface area contributed by atoms with E-state index in [2.05, 4.69) is 10.3 Å². The monoisotopic (exact) mass is 574 g/mol. The highest BCUT2D eigenvalue weighted by Gasteiger charge is 2.68. The molecule has 2 aromatic carbocycles. The summed E-state index contributed by atoms with van der Waals surface area (Å²) in [6, 6.07) is 8.59. The molecule has 2 aliphatic rings. The van der Waals surface area contributed by atoms with Gasteiger partial charge in [0.15, 0.2) is 0 Å². The zero-order chi connectivity index (χ0) is 27.5. The van der Waals surface area contributed by atoms with Crippen LogP contribution in [0, 0.1) is 5.41 Å². The van der Waals surface area contributed by atoms with Crippen molar-refractivity contribution in [2.45, 2.75) is 50.7 Å². The van der Waals surface area contributed by atoms with Gasteiger partial charge in [-0.25, -0.2) is 13.8 Å². The molecule has 1 amide bonds. The molecule has 0 unspecified atom stereocenters. The lowest BCUT2D eigenvalue weighted by molar-refractivity contribution is -0.192. The molecule has 5 rings (SSSR count). The Hall–Kier alpha value is -2.59. The number of nitrogens with zero attached hydrogens (tertiary/aromatic N) is 3. The molecule has 1 saturated heterocycles. The molecule has 0 bridgehead atoms. The number of alkyl halides is 5. The number of hydrogen-bond acceptors (Lipinski definition) is 3. The molecule has 1 aromatic heterocycles. The first-order valence-electron chi connectivity index (χ1n) is 12.2. The van der Waals surface area contributed by atoms with E-state index in [1.807, 2.05) is 22.6 Å². The molecule has 1 aliphatic carbocycles. The second kappa shape index (κ2) is 9.55. The third kappa shape index (κ3) is 5.04. The molecular formula is C26H25Cl2F5N4O. The molecule has 5 nitrogen and oxygen atoms in total. The summed E-state index contributed by atoms with van der Waals surface area (Å²) >= 11 is 12.9. The number of anilines is 1. The predicted molar refractivity (Wildman–Crippen MR) is 136 cm³/mol. The highest BCUT2D eigenvalue weighted by atomic mass is 35.5. The summed E-state index contributed by atoms with van der Waals surface area (Å²) in [6.45, 7) is 0.342. The van der Waals surface area contributed by atoms with Crippen LogP contribution in [-0.4, -0.2) is 40.6 Å². The number of carbonyl (C=O) groups is 1. The average Bonchev–Trinajstić information content (AvgIpc) is 3.61. The number of carbonyl (C=O) groups excluding carboxylic acids is 1. The number of piperidine rings is 1. The number of rotatable bonds is 6. The van der Waals surface area contributed by atoms with Crippen LogP contribution in [-0.2, 0) is 24.8 Å². The first-order chi connectivity index (χ1) is 17.8. The maximum Gasteiger partial charge on any atom is 0.403 e. The minimum absolute atomic E-state index is 0.0583. The van der Waals surface area contributed by atoms with Crippen LogP contribution in [0.25, 0.3) is 11.0 Å². The first-order valence-corrected chi connectivity index (χ1v) is 13.0. The summed E-state index contributed by atoms with van der Waals surface area (Å²) in [6.07, 6.45) is -5.10. The second-order valence-corrected chi connectivity index (χ2v) is 10.9. The van der Waals surface area contributed by atoms with Crippen molar-refractivity contribution in [3.8, 4) is 0 Å². The summed E-state index contributed by atoms with van der Waals surface area (Å²) in [5.74, 6) is -3.02. The highest BCUT2D eigenvalue weighted by molar-refractivity contribution is 6.34. The van der Waals surface area contributed by atoms with Crippen LogP contribution in [0.4, 0.5) is 27.6 Å². The van der Waals surface area contributed by atoms with E-state index in [0.29, 0.717) is 44.6 Å². The van der Waals surface area contributed by atoms with Crippen molar-refractivity contribution in [2.75, 3.05) is 18.0 Å². The third-order valence-corrected chi connectivity index (χ3v) is 8.19. The number of aromatic nitrogens is 2.